The lowest BCUT2D eigenvalue weighted by Crippen LogP contribution is -2.27. The van der Waals surface area contributed by atoms with E-state index in [0.29, 0.717) is 24.0 Å². The number of anilines is 1. The maximum absolute atomic E-state index is 12.6. The Hall–Kier alpha value is -3.20. The number of methoxy groups -OCH3 is 1. The Morgan fingerprint density at radius 3 is 2.76 bits per heavy atom. The van der Waals surface area contributed by atoms with Crippen LogP contribution in [-0.4, -0.2) is 50.7 Å². The van der Waals surface area contributed by atoms with Gasteiger partial charge in [-0.1, -0.05) is 12.1 Å². The quantitative estimate of drug-likeness (QED) is 0.660. The Bertz CT molecular complexity index is 971. The number of piperidine rings is 1. The highest BCUT2D eigenvalue weighted by Gasteiger charge is 2.21. The summed E-state index contributed by atoms with van der Waals surface area (Å²) in [5.41, 5.74) is 1.55. The van der Waals surface area contributed by atoms with Gasteiger partial charge in [-0.3, -0.25) is 14.8 Å². The molecule has 3 heterocycles. The van der Waals surface area contributed by atoms with Crippen LogP contribution < -0.4 is 15.4 Å². The predicted octanol–water partition coefficient (Wildman–Crippen LogP) is 1.79. The Morgan fingerprint density at radius 2 is 2.03 bits per heavy atom. The molecular formula is C20H25N7O2. The molecule has 0 spiro atoms. The van der Waals surface area contributed by atoms with Gasteiger partial charge >= 0.3 is 0 Å². The van der Waals surface area contributed by atoms with E-state index in [4.69, 9.17) is 4.74 Å². The number of hydrogen-bond acceptors (Lipinski definition) is 6. The first-order valence-corrected chi connectivity index (χ1v) is 9.71. The molecule has 4 rings (SSSR count). The molecule has 0 atom stereocenters. The van der Waals surface area contributed by atoms with Crippen LogP contribution in [0, 0.1) is 0 Å². The first-order valence-electron chi connectivity index (χ1n) is 9.71. The van der Waals surface area contributed by atoms with Crippen molar-refractivity contribution in [2.75, 3.05) is 25.5 Å². The number of ether oxygens (including phenoxy) is 1. The first-order chi connectivity index (χ1) is 14.1. The Morgan fingerprint density at radius 1 is 1.28 bits per heavy atom. The van der Waals surface area contributed by atoms with Crippen LogP contribution in [0.4, 0.5) is 5.95 Å². The van der Waals surface area contributed by atoms with Crippen molar-refractivity contribution in [2.24, 2.45) is 7.05 Å². The normalized spacial score (nSPS) is 14.7. The van der Waals surface area contributed by atoms with E-state index >= 15 is 0 Å². The summed E-state index contributed by atoms with van der Waals surface area (Å²) in [6, 6.07) is 7.76. The first kappa shape index (κ1) is 19.1. The third-order valence-electron chi connectivity index (χ3n) is 5.11. The number of benzene rings is 1. The average Bonchev–Trinajstić information content (AvgIpc) is 3.36. The molecule has 3 aromatic rings. The summed E-state index contributed by atoms with van der Waals surface area (Å²) >= 11 is 0. The number of aryl methyl sites for hydroxylation is 1. The van der Waals surface area contributed by atoms with Crippen molar-refractivity contribution < 1.29 is 9.53 Å². The number of hydrogen-bond donors (Lipinski definition) is 2. The van der Waals surface area contributed by atoms with Gasteiger partial charge in [0.05, 0.1) is 25.4 Å². The van der Waals surface area contributed by atoms with E-state index in [-0.39, 0.29) is 5.91 Å². The van der Waals surface area contributed by atoms with Crippen LogP contribution in [0.5, 0.6) is 5.75 Å². The predicted molar refractivity (Wildman–Crippen MR) is 108 cm³/mol. The van der Waals surface area contributed by atoms with E-state index < -0.39 is 0 Å². The van der Waals surface area contributed by atoms with Crippen LogP contribution in [0.2, 0.25) is 0 Å². The van der Waals surface area contributed by atoms with Gasteiger partial charge in [-0.25, -0.2) is 4.68 Å². The second kappa shape index (κ2) is 8.44. The molecule has 1 aliphatic heterocycles. The molecule has 0 aliphatic carbocycles. The van der Waals surface area contributed by atoms with Gasteiger partial charge in [-0.05, 0) is 43.6 Å². The Labute approximate surface area is 169 Å². The average molecular weight is 395 g/mol. The summed E-state index contributed by atoms with van der Waals surface area (Å²) in [6.07, 6.45) is 5.30. The number of amides is 1. The fourth-order valence-electron chi connectivity index (χ4n) is 3.43. The standard InChI is InChI=1S/C20H25N7O2/c1-26-20(23-18(25-26)15-7-9-21-10-8-15)24-19(28)16-11-22-27(13-16)12-14-3-5-17(29-2)6-4-14/h3-6,11,13,15,21H,7-10,12H2,1-2H3,(H,23,24,25,28). The zero-order chi connectivity index (χ0) is 20.2. The fourth-order valence-corrected chi connectivity index (χ4v) is 3.43. The maximum atomic E-state index is 12.6. The topological polar surface area (TPSA) is 98.9 Å². The van der Waals surface area contributed by atoms with Gasteiger partial charge < -0.3 is 10.1 Å². The third kappa shape index (κ3) is 4.45. The molecule has 9 nitrogen and oxygen atoms in total. The monoisotopic (exact) mass is 395 g/mol. The van der Waals surface area contributed by atoms with Crippen LogP contribution in [0.3, 0.4) is 0 Å². The number of aromatic nitrogens is 5. The van der Waals surface area contributed by atoms with E-state index in [2.05, 4.69) is 25.8 Å². The van der Waals surface area contributed by atoms with Crippen LogP contribution in [0.25, 0.3) is 0 Å². The smallest absolute Gasteiger partial charge is 0.261 e. The van der Waals surface area contributed by atoms with Crippen molar-refractivity contribution in [1.82, 2.24) is 29.9 Å². The molecule has 0 bridgehead atoms. The number of carbonyl (C=O) groups is 1. The molecule has 0 radical (unpaired) electrons. The lowest BCUT2D eigenvalue weighted by atomic mass is 9.98. The molecule has 0 saturated carbocycles. The molecule has 1 aromatic carbocycles. The zero-order valence-electron chi connectivity index (χ0n) is 16.6. The largest absolute Gasteiger partial charge is 0.497 e. The number of nitrogens with zero attached hydrogens (tertiary/aromatic N) is 5. The molecule has 152 valence electrons. The molecule has 29 heavy (non-hydrogen) atoms. The van der Waals surface area contributed by atoms with Crippen molar-refractivity contribution >= 4 is 11.9 Å². The maximum Gasteiger partial charge on any atom is 0.261 e. The van der Waals surface area contributed by atoms with Crippen molar-refractivity contribution in [3.05, 3.63) is 53.6 Å². The van der Waals surface area contributed by atoms with Gasteiger partial charge in [0.2, 0.25) is 5.95 Å². The molecule has 9 heteroatoms. The third-order valence-corrected chi connectivity index (χ3v) is 5.11. The summed E-state index contributed by atoms with van der Waals surface area (Å²) in [7, 11) is 3.43. The van der Waals surface area contributed by atoms with Crippen molar-refractivity contribution in [2.45, 2.75) is 25.3 Å². The van der Waals surface area contributed by atoms with Crippen molar-refractivity contribution in [3.8, 4) is 5.75 Å². The minimum Gasteiger partial charge on any atom is -0.497 e. The minimum absolute atomic E-state index is 0.252. The van der Waals surface area contributed by atoms with Gasteiger partial charge in [0, 0.05) is 19.2 Å². The SMILES string of the molecule is COc1ccc(Cn2cc(C(=O)Nc3nc(C4CCNCC4)nn3C)cn2)cc1. The molecule has 1 fully saturated rings. The molecule has 1 aliphatic rings. The lowest BCUT2D eigenvalue weighted by Gasteiger charge is -2.19. The van der Waals surface area contributed by atoms with Crippen LogP contribution in [0.1, 0.15) is 40.5 Å². The van der Waals surface area contributed by atoms with Crippen molar-refractivity contribution in [3.63, 3.8) is 0 Å². The van der Waals surface area contributed by atoms with E-state index in [0.717, 1.165) is 43.1 Å². The fraction of sp³-hybridized carbons (Fsp3) is 0.400. The van der Waals surface area contributed by atoms with E-state index in [1.165, 1.54) is 0 Å². The van der Waals surface area contributed by atoms with Crippen LogP contribution in [0.15, 0.2) is 36.7 Å². The second-order valence-corrected chi connectivity index (χ2v) is 7.17. The molecule has 2 aromatic heterocycles. The second-order valence-electron chi connectivity index (χ2n) is 7.17. The number of rotatable bonds is 6. The van der Waals surface area contributed by atoms with Gasteiger partial charge in [0.25, 0.3) is 5.91 Å². The minimum atomic E-state index is -0.252. The van der Waals surface area contributed by atoms with Gasteiger partial charge in [-0.15, -0.1) is 0 Å². The Kier molecular flexibility index (Phi) is 5.57. The highest BCUT2D eigenvalue weighted by atomic mass is 16.5. The van der Waals surface area contributed by atoms with Crippen LogP contribution >= 0.6 is 0 Å². The Balaban J connectivity index is 1.40. The molecule has 0 unspecified atom stereocenters. The molecular weight excluding hydrogens is 370 g/mol. The van der Waals surface area contributed by atoms with E-state index in [1.54, 1.807) is 35.9 Å². The van der Waals surface area contributed by atoms with Crippen LogP contribution in [-0.2, 0) is 13.6 Å². The molecule has 1 saturated heterocycles. The number of carbonyl (C=O) groups excluding carboxylic acids is 1. The highest BCUT2D eigenvalue weighted by molar-refractivity contribution is 6.03. The highest BCUT2D eigenvalue weighted by Crippen LogP contribution is 2.23. The summed E-state index contributed by atoms with van der Waals surface area (Å²) in [6.45, 7) is 2.51. The molecule has 1 amide bonds. The van der Waals surface area contributed by atoms with Gasteiger partial charge in [0.15, 0.2) is 5.82 Å². The number of nitrogens with one attached hydrogen (secondary N) is 2. The lowest BCUT2D eigenvalue weighted by molar-refractivity contribution is 0.102. The summed E-state index contributed by atoms with van der Waals surface area (Å²) in [5, 5.41) is 15.0. The molecule has 2 N–H and O–H groups in total. The van der Waals surface area contributed by atoms with Gasteiger partial charge in [0.1, 0.15) is 5.75 Å². The van der Waals surface area contributed by atoms with E-state index in [9.17, 15) is 4.79 Å². The summed E-state index contributed by atoms with van der Waals surface area (Å²) in [4.78, 5) is 17.2. The van der Waals surface area contributed by atoms with Crippen molar-refractivity contribution in [1.29, 1.82) is 0 Å². The summed E-state index contributed by atoms with van der Waals surface area (Å²) < 4.78 is 8.52. The van der Waals surface area contributed by atoms with E-state index in [1.807, 2.05) is 24.3 Å². The zero-order valence-corrected chi connectivity index (χ0v) is 16.6. The van der Waals surface area contributed by atoms with Gasteiger partial charge in [-0.2, -0.15) is 15.2 Å². The summed E-state index contributed by atoms with van der Waals surface area (Å²) in [5.74, 6) is 2.13.